The minimum atomic E-state index is 0. The maximum Gasteiger partial charge on any atom is 0.0343 e. The van der Waals surface area contributed by atoms with E-state index in [1.165, 1.54) is 0 Å². The first-order chi connectivity index (χ1) is 5.38. The Balaban J connectivity index is 0.00000121. The normalized spacial score (nSPS) is 12.4. The van der Waals surface area contributed by atoms with Crippen molar-refractivity contribution in [3.8, 4) is 0 Å². The van der Waals surface area contributed by atoms with Crippen molar-refractivity contribution in [1.29, 1.82) is 0 Å². The first kappa shape index (κ1) is 10.6. The summed E-state index contributed by atoms with van der Waals surface area (Å²) in [5, 5.41) is 2.31. The Hall–Kier alpha value is -1.37. The van der Waals surface area contributed by atoms with E-state index in [-0.39, 0.29) is 7.43 Å². The van der Waals surface area contributed by atoms with Crippen LogP contribution in [0.2, 0.25) is 0 Å². The summed E-state index contributed by atoms with van der Waals surface area (Å²) < 4.78 is 0. The van der Waals surface area contributed by atoms with Crippen LogP contribution in [0.1, 0.15) is 14.4 Å². The lowest BCUT2D eigenvalue weighted by molar-refractivity contribution is 1.27. The lowest BCUT2D eigenvalue weighted by Gasteiger charge is -1.85. The van der Waals surface area contributed by atoms with E-state index >= 15 is 0 Å². The highest BCUT2D eigenvalue weighted by atomic mass is 14.6. The van der Waals surface area contributed by atoms with Gasteiger partial charge in [0, 0.05) is 12.4 Å². The van der Waals surface area contributed by atoms with Gasteiger partial charge in [-0.1, -0.05) is 32.2 Å². The Kier molecular flexibility index (Phi) is 4.70. The van der Waals surface area contributed by atoms with Gasteiger partial charge in [-0.15, -0.1) is 0 Å². The van der Waals surface area contributed by atoms with Crippen LogP contribution >= 0.6 is 0 Å². The topological polar surface area (TPSA) is 12.9 Å². The molecule has 0 aliphatic carbocycles. The summed E-state index contributed by atoms with van der Waals surface area (Å²) in [5.41, 5.74) is 0. The second-order valence-corrected chi connectivity index (χ2v) is 2.20. The van der Waals surface area contributed by atoms with E-state index in [4.69, 9.17) is 0 Å². The zero-order chi connectivity index (χ0) is 8.10. The summed E-state index contributed by atoms with van der Waals surface area (Å²) in [5.74, 6) is 0. The Bertz CT molecular complexity index is 350. The molecule has 0 amide bonds. The molecular weight excluding hydrogens is 146 g/mol. The van der Waals surface area contributed by atoms with Crippen LogP contribution in [-0.2, 0) is 0 Å². The van der Waals surface area contributed by atoms with Crippen molar-refractivity contribution < 1.29 is 0 Å². The van der Waals surface area contributed by atoms with E-state index in [2.05, 4.69) is 11.6 Å². The molecule has 1 heteroatoms. The van der Waals surface area contributed by atoms with Gasteiger partial charge in [0.2, 0.25) is 0 Å². The zero-order valence-corrected chi connectivity index (χ0v) is 6.62. The summed E-state index contributed by atoms with van der Waals surface area (Å²) in [7, 11) is 0. The van der Waals surface area contributed by atoms with Crippen LogP contribution in [0, 0.1) is 0 Å². The Morgan fingerprint density at radius 3 is 2.75 bits per heavy atom. The van der Waals surface area contributed by atoms with Crippen molar-refractivity contribution in [2.45, 2.75) is 14.4 Å². The Morgan fingerprint density at radius 2 is 2.17 bits per heavy atom. The summed E-state index contributed by atoms with van der Waals surface area (Å²) in [6, 6.07) is 1.97. The van der Waals surface area contributed by atoms with E-state index in [0.29, 0.717) is 0 Å². The molecule has 0 saturated carbocycles. The van der Waals surface area contributed by atoms with Gasteiger partial charge in [0.15, 0.2) is 0 Å². The minimum Gasteiger partial charge on any atom is -0.264 e. The summed E-state index contributed by atoms with van der Waals surface area (Å²) in [6.45, 7) is 5.64. The SMILES string of the molecule is C.C=C/C=c1/ccnc/c1=C/C. The van der Waals surface area contributed by atoms with Gasteiger partial charge < -0.3 is 0 Å². The van der Waals surface area contributed by atoms with E-state index in [9.17, 15) is 0 Å². The molecule has 0 bridgehead atoms. The number of nitrogens with zero attached hydrogens (tertiary/aromatic N) is 1. The first-order valence-corrected chi connectivity index (χ1v) is 3.57. The zero-order valence-electron chi connectivity index (χ0n) is 6.62. The second-order valence-electron chi connectivity index (χ2n) is 2.20. The van der Waals surface area contributed by atoms with E-state index in [1.807, 2.05) is 31.3 Å². The molecule has 0 aliphatic heterocycles. The van der Waals surface area contributed by atoms with Gasteiger partial charge in [0.05, 0.1) is 0 Å². The maximum absolute atomic E-state index is 4.01. The molecule has 1 aromatic heterocycles. The number of pyridine rings is 1. The third kappa shape index (κ3) is 2.35. The predicted octanol–water partition coefficient (Wildman–Crippen LogP) is 1.48. The number of hydrogen-bond acceptors (Lipinski definition) is 1. The molecule has 1 nitrogen and oxygen atoms in total. The Labute approximate surface area is 73.8 Å². The smallest absolute Gasteiger partial charge is 0.0343 e. The minimum absolute atomic E-state index is 0. The van der Waals surface area contributed by atoms with Crippen LogP contribution in [0.3, 0.4) is 0 Å². The monoisotopic (exact) mass is 161 g/mol. The average Bonchev–Trinajstić information content (AvgIpc) is 2.06. The molecule has 0 fully saturated rings. The molecule has 0 N–H and O–H groups in total. The van der Waals surface area contributed by atoms with Gasteiger partial charge in [-0.3, -0.25) is 4.98 Å². The summed E-state index contributed by atoms with van der Waals surface area (Å²) in [4.78, 5) is 4.01. The van der Waals surface area contributed by atoms with Gasteiger partial charge in [0.25, 0.3) is 0 Å². The van der Waals surface area contributed by atoms with E-state index in [1.54, 1.807) is 12.3 Å². The average molecular weight is 161 g/mol. The molecular formula is C11H15N. The molecule has 0 spiro atoms. The summed E-state index contributed by atoms with van der Waals surface area (Å²) >= 11 is 0. The number of hydrogen-bond donors (Lipinski definition) is 0. The maximum atomic E-state index is 4.01. The van der Waals surface area contributed by atoms with E-state index < -0.39 is 0 Å². The van der Waals surface area contributed by atoms with Gasteiger partial charge in [-0.25, -0.2) is 0 Å². The standard InChI is InChI=1S/C10H11N.CH4/c1-3-5-10-6-7-11-8-9(10)4-2;/h3-8H,1H2,2H3;1H4/b9-4-,10-5-;. The molecule has 0 saturated heterocycles. The lowest BCUT2D eigenvalue weighted by atomic mass is 10.3. The first-order valence-electron chi connectivity index (χ1n) is 3.57. The van der Waals surface area contributed by atoms with Gasteiger partial charge >= 0.3 is 0 Å². The number of allylic oxidation sites excluding steroid dienone is 1. The number of aromatic nitrogens is 1. The molecule has 64 valence electrons. The Morgan fingerprint density at radius 1 is 1.42 bits per heavy atom. The van der Waals surface area contributed by atoms with Crippen molar-refractivity contribution in [2.24, 2.45) is 0 Å². The van der Waals surface area contributed by atoms with E-state index in [0.717, 1.165) is 10.4 Å². The third-order valence-electron chi connectivity index (χ3n) is 1.50. The van der Waals surface area contributed by atoms with Crippen molar-refractivity contribution in [3.63, 3.8) is 0 Å². The second kappa shape index (κ2) is 5.30. The molecule has 0 radical (unpaired) electrons. The van der Waals surface area contributed by atoms with Crippen LogP contribution < -0.4 is 10.4 Å². The highest BCUT2D eigenvalue weighted by Crippen LogP contribution is 1.67. The van der Waals surface area contributed by atoms with Crippen molar-refractivity contribution in [3.05, 3.63) is 41.6 Å². The van der Waals surface area contributed by atoms with Crippen LogP contribution in [-0.4, -0.2) is 4.98 Å². The van der Waals surface area contributed by atoms with Crippen molar-refractivity contribution in [1.82, 2.24) is 4.98 Å². The largest absolute Gasteiger partial charge is 0.264 e. The molecule has 1 aromatic rings. The fraction of sp³-hybridized carbons (Fsp3) is 0.182. The molecule has 0 unspecified atom stereocenters. The molecule has 0 aromatic carbocycles. The van der Waals surface area contributed by atoms with Crippen molar-refractivity contribution in [2.75, 3.05) is 0 Å². The summed E-state index contributed by atoms with van der Waals surface area (Å²) in [6.07, 6.45) is 9.40. The molecule has 1 heterocycles. The third-order valence-corrected chi connectivity index (χ3v) is 1.50. The quantitative estimate of drug-likeness (QED) is 0.608. The number of rotatable bonds is 1. The highest BCUT2D eigenvalue weighted by Gasteiger charge is 1.79. The highest BCUT2D eigenvalue weighted by molar-refractivity contribution is 5.36. The molecule has 12 heavy (non-hydrogen) atoms. The van der Waals surface area contributed by atoms with Crippen molar-refractivity contribution >= 4 is 12.2 Å². The lowest BCUT2D eigenvalue weighted by Crippen LogP contribution is -2.23. The van der Waals surface area contributed by atoms with Gasteiger partial charge in [0.1, 0.15) is 0 Å². The fourth-order valence-electron chi connectivity index (χ4n) is 0.937. The van der Waals surface area contributed by atoms with Gasteiger partial charge in [-0.05, 0) is 23.4 Å². The fourth-order valence-corrected chi connectivity index (χ4v) is 0.937. The van der Waals surface area contributed by atoms with Crippen LogP contribution in [0.5, 0.6) is 0 Å². The van der Waals surface area contributed by atoms with Crippen LogP contribution in [0.15, 0.2) is 31.1 Å². The predicted molar refractivity (Wildman–Crippen MR) is 55.0 cm³/mol. The molecule has 1 rings (SSSR count). The molecule has 0 aliphatic rings. The van der Waals surface area contributed by atoms with Crippen LogP contribution in [0.4, 0.5) is 0 Å². The van der Waals surface area contributed by atoms with Gasteiger partial charge in [-0.2, -0.15) is 0 Å². The molecule has 0 atom stereocenters. The van der Waals surface area contributed by atoms with Crippen LogP contribution in [0.25, 0.3) is 12.2 Å².